The lowest BCUT2D eigenvalue weighted by Gasteiger charge is -2.46. The number of thiophene rings is 1. The summed E-state index contributed by atoms with van der Waals surface area (Å²) in [6, 6.07) is 1.72. The number of fused-ring (bicyclic) bond motifs is 1. The van der Waals surface area contributed by atoms with Crippen molar-refractivity contribution < 1.29 is 27.4 Å². The highest BCUT2D eigenvalue weighted by Gasteiger charge is 2.33. The number of nitrogens with one attached hydrogen (secondary N) is 1. The highest BCUT2D eigenvalue weighted by Crippen LogP contribution is 2.38. The number of rotatable bonds is 8. The van der Waals surface area contributed by atoms with Crippen LogP contribution in [0.15, 0.2) is 17.6 Å². The Morgan fingerprint density at radius 2 is 1.87 bits per heavy atom. The minimum atomic E-state index is -3.54. The number of anilines is 2. The Hall–Kier alpha value is -3.11. The molecule has 2 fully saturated rings. The van der Waals surface area contributed by atoms with E-state index in [0.29, 0.717) is 44.3 Å². The minimum absolute atomic E-state index is 0.0380. The lowest BCUT2D eigenvalue weighted by molar-refractivity contribution is -0.138. The van der Waals surface area contributed by atoms with Gasteiger partial charge in [0.1, 0.15) is 11.3 Å². The highest BCUT2D eigenvalue weighted by atomic mass is 32.2. The molecule has 15 heteroatoms. The van der Waals surface area contributed by atoms with Gasteiger partial charge in [0.25, 0.3) is 6.47 Å². The van der Waals surface area contributed by atoms with Crippen LogP contribution in [-0.2, 0) is 30.8 Å². The van der Waals surface area contributed by atoms with Gasteiger partial charge in [-0.3, -0.25) is 14.4 Å². The van der Waals surface area contributed by atoms with Crippen LogP contribution in [0.5, 0.6) is 5.88 Å². The van der Waals surface area contributed by atoms with Crippen molar-refractivity contribution >= 4 is 49.7 Å². The second-order valence-corrected chi connectivity index (χ2v) is 15.5. The smallest absolute Gasteiger partial charge is 0.293 e. The van der Waals surface area contributed by atoms with Crippen LogP contribution < -0.4 is 14.4 Å². The van der Waals surface area contributed by atoms with Crippen LogP contribution in [0, 0.1) is 0 Å². The first kappa shape index (κ1) is 34.8. The third-order valence-electron chi connectivity index (χ3n) is 7.41. The van der Waals surface area contributed by atoms with E-state index in [1.165, 1.54) is 7.11 Å². The van der Waals surface area contributed by atoms with E-state index in [4.69, 9.17) is 19.4 Å². The number of pyridine rings is 1. The zero-order valence-electron chi connectivity index (χ0n) is 27.4. The number of carbonyl (C=O) groups excluding carboxylic acids is 1. The van der Waals surface area contributed by atoms with Gasteiger partial charge in [-0.25, -0.2) is 23.4 Å². The molecule has 2 saturated heterocycles. The number of sulfonamides is 1. The molecule has 45 heavy (non-hydrogen) atoms. The maximum absolute atomic E-state index is 12.0. The average Bonchev–Trinajstić information content (AvgIpc) is 3.35. The van der Waals surface area contributed by atoms with Gasteiger partial charge >= 0.3 is 0 Å². The minimum Gasteiger partial charge on any atom is -0.480 e. The zero-order chi connectivity index (χ0) is 33.0. The average molecular weight is 664 g/mol. The molecule has 248 valence electrons. The Bertz CT molecular complexity index is 1580. The molecule has 0 amide bonds. The summed E-state index contributed by atoms with van der Waals surface area (Å²) in [6.45, 7) is 17.0. The number of methoxy groups -OCH3 is 1. The van der Waals surface area contributed by atoms with Crippen molar-refractivity contribution in [3.8, 4) is 17.1 Å². The lowest BCUT2D eigenvalue weighted by Crippen LogP contribution is -2.57. The van der Waals surface area contributed by atoms with Gasteiger partial charge in [0, 0.05) is 62.1 Å². The van der Waals surface area contributed by atoms with Gasteiger partial charge in [-0.2, -0.15) is 0 Å². The van der Waals surface area contributed by atoms with Gasteiger partial charge in [0.15, 0.2) is 0 Å². The van der Waals surface area contributed by atoms with Crippen molar-refractivity contribution in [2.75, 3.05) is 76.0 Å². The fraction of sp³-hybridized carbons (Fsp3) is 0.600. The topological polar surface area (TPSA) is 139 Å². The number of ether oxygens (including phenoxy) is 3. The first-order chi connectivity index (χ1) is 21.1. The van der Waals surface area contributed by atoms with E-state index in [0.717, 1.165) is 53.9 Å². The first-order valence-electron chi connectivity index (χ1n) is 14.8. The van der Waals surface area contributed by atoms with Crippen LogP contribution in [0.2, 0.25) is 0 Å². The van der Waals surface area contributed by atoms with Crippen molar-refractivity contribution in [2.24, 2.45) is 0 Å². The molecule has 3 aromatic rings. The summed E-state index contributed by atoms with van der Waals surface area (Å²) >= 11 is 1.61. The second-order valence-electron chi connectivity index (χ2n) is 12.9. The summed E-state index contributed by atoms with van der Waals surface area (Å²) in [5.74, 6) is 0.837. The zero-order valence-corrected chi connectivity index (χ0v) is 29.0. The summed E-state index contributed by atoms with van der Waals surface area (Å²) in [5, 5.41) is 2.17. The third-order valence-corrected chi connectivity index (χ3v) is 9.03. The maximum Gasteiger partial charge on any atom is 0.293 e. The molecule has 13 nitrogen and oxygen atoms in total. The summed E-state index contributed by atoms with van der Waals surface area (Å²) in [5.41, 5.74) is 3.48. The number of hydrogen-bond donors (Lipinski definition) is 1. The van der Waals surface area contributed by atoms with Crippen molar-refractivity contribution in [2.45, 2.75) is 52.3 Å². The van der Waals surface area contributed by atoms with Gasteiger partial charge in [-0.1, -0.05) is 0 Å². The number of piperazine rings is 1. The Balaban J connectivity index is 0.000000591. The highest BCUT2D eigenvalue weighted by molar-refractivity contribution is 7.92. The molecule has 1 N–H and O–H groups in total. The Kier molecular flexibility index (Phi) is 10.9. The summed E-state index contributed by atoms with van der Waals surface area (Å²) < 4.78 is 42.9. The van der Waals surface area contributed by atoms with Crippen LogP contribution >= 0.6 is 11.3 Å². The third kappa shape index (κ3) is 9.22. The van der Waals surface area contributed by atoms with Gasteiger partial charge in [-0.05, 0) is 53.1 Å². The van der Waals surface area contributed by atoms with E-state index in [-0.39, 0.29) is 22.7 Å². The van der Waals surface area contributed by atoms with E-state index in [1.54, 1.807) is 23.6 Å². The molecule has 0 aromatic carbocycles. The van der Waals surface area contributed by atoms with E-state index >= 15 is 0 Å². The van der Waals surface area contributed by atoms with Crippen molar-refractivity contribution in [3.05, 3.63) is 23.2 Å². The molecule has 5 rings (SSSR count). The maximum atomic E-state index is 12.0. The first-order valence-corrected chi connectivity index (χ1v) is 17.6. The number of carbonyl (C=O) groups is 1. The number of aromatic nitrogens is 3. The molecule has 0 unspecified atom stereocenters. The standard InChI is InChI=1S/C25H35N7O4S2.C5H10O2/c1-25(2)16-30(3)6-7-32(25)14-18-15-37-22-20(27-24(28-21(18)22)31-8-10-36-11-9-31)17-12-19(29-38(5,33)34)23(35-4)26-13-17;1-5(2,3)7-4-6/h12-13,15,29H,6-11,14,16H2,1-5H3;4H,1-3H3. The van der Waals surface area contributed by atoms with Crippen LogP contribution in [0.3, 0.4) is 0 Å². The predicted octanol–water partition coefficient (Wildman–Crippen LogP) is 3.45. The summed E-state index contributed by atoms with van der Waals surface area (Å²) in [4.78, 5) is 31.1. The van der Waals surface area contributed by atoms with Crippen LogP contribution in [0.1, 0.15) is 40.2 Å². The predicted molar refractivity (Wildman–Crippen MR) is 178 cm³/mol. The van der Waals surface area contributed by atoms with E-state index in [1.807, 2.05) is 20.8 Å². The Morgan fingerprint density at radius 1 is 1.16 bits per heavy atom. The van der Waals surface area contributed by atoms with Crippen molar-refractivity contribution in [3.63, 3.8) is 0 Å². The number of hydrogen-bond acceptors (Lipinski definition) is 13. The van der Waals surface area contributed by atoms with E-state index in [9.17, 15) is 13.2 Å². The fourth-order valence-electron chi connectivity index (χ4n) is 5.26. The SMILES string of the molecule is CC(C)(C)OC=O.COc1ncc(-c2nc(N3CCOCC3)nc3c(CN4CCN(C)CC4(C)C)csc23)cc1NS(C)(=O)=O. The van der Waals surface area contributed by atoms with Gasteiger partial charge in [0.2, 0.25) is 21.9 Å². The molecular formula is C30H45N7O6S2. The normalized spacial score (nSPS) is 17.8. The fourth-order valence-corrected chi connectivity index (χ4v) is 6.82. The molecule has 2 aliphatic heterocycles. The molecular weight excluding hydrogens is 619 g/mol. The van der Waals surface area contributed by atoms with Crippen molar-refractivity contribution in [1.82, 2.24) is 24.8 Å². The molecule has 2 aliphatic rings. The molecule has 0 radical (unpaired) electrons. The Morgan fingerprint density at radius 3 is 2.44 bits per heavy atom. The largest absolute Gasteiger partial charge is 0.480 e. The van der Waals surface area contributed by atoms with E-state index < -0.39 is 10.0 Å². The molecule has 0 bridgehead atoms. The molecule has 0 spiro atoms. The molecule has 0 saturated carbocycles. The summed E-state index contributed by atoms with van der Waals surface area (Å²) in [6.07, 6.45) is 2.77. The number of likely N-dealkylation sites (N-methyl/N-ethyl adjacent to an activating group) is 1. The van der Waals surface area contributed by atoms with Crippen LogP contribution in [0.25, 0.3) is 21.5 Å². The van der Waals surface area contributed by atoms with Crippen LogP contribution in [0.4, 0.5) is 11.6 Å². The Labute approximate surface area is 269 Å². The lowest BCUT2D eigenvalue weighted by atomic mass is 9.98. The summed E-state index contributed by atoms with van der Waals surface area (Å²) in [7, 11) is 0.0932. The molecule has 0 aliphatic carbocycles. The number of morpholine rings is 1. The van der Waals surface area contributed by atoms with Crippen LogP contribution in [-0.4, -0.2) is 117 Å². The molecule has 3 aromatic heterocycles. The van der Waals surface area contributed by atoms with E-state index in [2.05, 4.69) is 55.4 Å². The van der Waals surface area contributed by atoms with Gasteiger partial charge < -0.3 is 24.0 Å². The second kappa shape index (κ2) is 14.1. The molecule has 0 atom stereocenters. The quantitative estimate of drug-likeness (QED) is 0.353. The number of nitrogens with zero attached hydrogens (tertiary/aromatic N) is 6. The van der Waals surface area contributed by atoms with Gasteiger partial charge in [-0.15, -0.1) is 11.3 Å². The van der Waals surface area contributed by atoms with Gasteiger partial charge in [0.05, 0.1) is 42.5 Å². The van der Waals surface area contributed by atoms with Crippen molar-refractivity contribution in [1.29, 1.82) is 0 Å². The molecule has 5 heterocycles. The monoisotopic (exact) mass is 663 g/mol.